The number of rotatable bonds is 9. The van der Waals surface area contributed by atoms with Crippen LogP contribution in [0.3, 0.4) is 0 Å². The van der Waals surface area contributed by atoms with Gasteiger partial charge < -0.3 is 10.1 Å². The van der Waals surface area contributed by atoms with Crippen molar-refractivity contribution in [1.29, 1.82) is 0 Å². The van der Waals surface area contributed by atoms with Gasteiger partial charge in [-0.1, -0.05) is 31.9 Å². The number of hydrogen-bond acceptors (Lipinski definition) is 6. The molecule has 0 aliphatic heterocycles. The van der Waals surface area contributed by atoms with Crippen LogP contribution >= 0.6 is 0 Å². The Balaban J connectivity index is 1.92. The minimum absolute atomic E-state index is 0.125. The van der Waals surface area contributed by atoms with Crippen LogP contribution in [0.1, 0.15) is 26.2 Å². The number of sulfonamides is 1. The van der Waals surface area contributed by atoms with Gasteiger partial charge in [-0.3, -0.25) is 4.72 Å². The second-order valence-electron chi connectivity index (χ2n) is 6.32. The molecule has 0 radical (unpaired) electrons. The highest BCUT2D eigenvalue weighted by atomic mass is 32.2. The number of fused-ring (bicyclic) bond motifs is 1. The fourth-order valence-corrected chi connectivity index (χ4v) is 3.73. The van der Waals surface area contributed by atoms with Crippen molar-refractivity contribution in [2.75, 3.05) is 23.7 Å². The second-order valence-corrected chi connectivity index (χ2v) is 8.01. The molecule has 0 amide bonds. The van der Waals surface area contributed by atoms with Gasteiger partial charge in [0, 0.05) is 6.54 Å². The number of benzene rings is 2. The summed E-state index contributed by atoms with van der Waals surface area (Å²) >= 11 is 0. The van der Waals surface area contributed by atoms with Crippen molar-refractivity contribution in [3.63, 3.8) is 0 Å². The van der Waals surface area contributed by atoms with Crippen molar-refractivity contribution in [2.45, 2.75) is 31.1 Å². The fraction of sp³-hybridized carbons (Fsp3) is 0.300. The van der Waals surface area contributed by atoms with Gasteiger partial charge in [0.1, 0.15) is 5.75 Å². The van der Waals surface area contributed by atoms with Gasteiger partial charge >= 0.3 is 0 Å². The molecular formula is C20H24N4O3S. The third-order valence-electron chi connectivity index (χ3n) is 4.24. The van der Waals surface area contributed by atoms with Gasteiger partial charge in [-0.2, -0.15) is 0 Å². The standard InChI is InChI=1S/C20H24N4O3S/c1-3-4-7-14-21-19-20(23-18-9-6-5-8-17(18)22-19)24-28(25,26)16-12-10-15(27-2)11-13-16/h5-6,8-13H,3-4,7,14H2,1-2H3,(H,21,22)(H,23,24). The van der Waals surface area contributed by atoms with Crippen molar-refractivity contribution >= 4 is 32.7 Å². The van der Waals surface area contributed by atoms with Crippen LogP contribution in [0.4, 0.5) is 11.6 Å². The zero-order valence-electron chi connectivity index (χ0n) is 16.0. The quantitative estimate of drug-likeness (QED) is 0.527. The molecule has 2 aromatic carbocycles. The summed E-state index contributed by atoms with van der Waals surface area (Å²) in [5, 5.41) is 3.21. The summed E-state index contributed by atoms with van der Waals surface area (Å²) in [6.45, 7) is 2.82. The molecule has 0 spiro atoms. The predicted molar refractivity (Wildman–Crippen MR) is 111 cm³/mol. The molecule has 3 rings (SSSR count). The summed E-state index contributed by atoms with van der Waals surface area (Å²) in [7, 11) is -2.28. The normalized spacial score (nSPS) is 11.4. The number of methoxy groups -OCH3 is 1. The Bertz CT molecular complexity index is 1040. The van der Waals surface area contributed by atoms with Crippen molar-refractivity contribution in [1.82, 2.24) is 9.97 Å². The summed E-state index contributed by atoms with van der Waals surface area (Å²) in [5.74, 6) is 1.20. The molecule has 28 heavy (non-hydrogen) atoms. The number of ether oxygens (including phenoxy) is 1. The third-order valence-corrected chi connectivity index (χ3v) is 5.60. The Morgan fingerprint density at radius 2 is 1.57 bits per heavy atom. The number of aromatic nitrogens is 2. The largest absolute Gasteiger partial charge is 0.497 e. The SMILES string of the molecule is CCCCCNc1nc2ccccc2nc1NS(=O)(=O)c1ccc(OC)cc1. The number of anilines is 2. The minimum atomic E-state index is -3.81. The van der Waals surface area contributed by atoms with E-state index >= 15 is 0 Å². The van der Waals surface area contributed by atoms with Gasteiger partial charge in [-0.25, -0.2) is 18.4 Å². The van der Waals surface area contributed by atoms with E-state index in [0.717, 1.165) is 19.3 Å². The van der Waals surface area contributed by atoms with Gasteiger partial charge in [0.05, 0.1) is 23.0 Å². The van der Waals surface area contributed by atoms with E-state index in [2.05, 4.69) is 26.9 Å². The smallest absolute Gasteiger partial charge is 0.263 e. The van der Waals surface area contributed by atoms with Crippen LogP contribution in [0.15, 0.2) is 53.4 Å². The van der Waals surface area contributed by atoms with Crippen molar-refractivity contribution < 1.29 is 13.2 Å². The first-order chi connectivity index (χ1) is 13.5. The van der Waals surface area contributed by atoms with Crippen LogP contribution in [0.25, 0.3) is 11.0 Å². The maximum absolute atomic E-state index is 12.8. The first-order valence-electron chi connectivity index (χ1n) is 9.21. The first-order valence-corrected chi connectivity index (χ1v) is 10.7. The summed E-state index contributed by atoms with van der Waals surface area (Å²) in [6.07, 6.45) is 3.15. The molecule has 0 atom stereocenters. The molecule has 0 aliphatic carbocycles. The Hall–Kier alpha value is -2.87. The molecule has 3 aromatic rings. The van der Waals surface area contributed by atoms with Gasteiger partial charge in [-0.05, 0) is 42.8 Å². The summed E-state index contributed by atoms with van der Waals surface area (Å²) in [6, 6.07) is 13.5. The van der Waals surface area contributed by atoms with Crippen molar-refractivity contribution in [3.05, 3.63) is 48.5 Å². The molecule has 1 heterocycles. The zero-order valence-corrected chi connectivity index (χ0v) is 16.8. The molecule has 0 bridgehead atoms. The topological polar surface area (TPSA) is 93.2 Å². The Kier molecular flexibility index (Phi) is 6.30. The number of nitrogens with zero attached hydrogens (tertiary/aromatic N) is 2. The van der Waals surface area contributed by atoms with Gasteiger partial charge in [-0.15, -0.1) is 0 Å². The molecular weight excluding hydrogens is 376 g/mol. The van der Waals surface area contributed by atoms with Crippen LogP contribution < -0.4 is 14.8 Å². The highest BCUT2D eigenvalue weighted by Crippen LogP contribution is 2.25. The van der Waals surface area contributed by atoms with Crippen LogP contribution in [-0.2, 0) is 10.0 Å². The van der Waals surface area contributed by atoms with E-state index in [1.54, 1.807) is 18.2 Å². The first kappa shape index (κ1) is 19.9. The highest BCUT2D eigenvalue weighted by Gasteiger charge is 2.19. The molecule has 7 nitrogen and oxygen atoms in total. The summed E-state index contributed by atoms with van der Waals surface area (Å²) in [5.41, 5.74) is 1.32. The number of hydrogen-bond donors (Lipinski definition) is 2. The number of nitrogens with one attached hydrogen (secondary N) is 2. The van der Waals surface area contributed by atoms with E-state index in [0.29, 0.717) is 29.1 Å². The molecule has 0 unspecified atom stereocenters. The van der Waals surface area contributed by atoms with Crippen LogP contribution in [-0.4, -0.2) is 32.0 Å². The lowest BCUT2D eigenvalue weighted by atomic mass is 10.2. The lowest BCUT2D eigenvalue weighted by Gasteiger charge is -2.14. The van der Waals surface area contributed by atoms with E-state index < -0.39 is 10.0 Å². The molecule has 0 aliphatic rings. The highest BCUT2D eigenvalue weighted by molar-refractivity contribution is 7.92. The number of para-hydroxylation sites is 2. The lowest BCUT2D eigenvalue weighted by molar-refractivity contribution is 0.414. The van der Waals surface area contributed by atoms with E-state index in [1.807, 2.05) is 18.2 Å². The van der Waals surface area contributed by atoms with E-state index in [9.17, 15) is 8.42 Å². The maximum Gasteiger partial charge on any atom is 0.263 e. The van der Waals surface area contributed by atoms with E-state index in [1.165, 1.54) is 19.2 Å². The van der Waals surface area contributed by atoms with Crippen molar-refractivity contribution in [2.24, 2.45) is 0 Å². The molecule has 0 saturated heterocycles. The monoisotopic (exact) mass is 400 g/mol. The zero-order chi connectivity index (χ0) is 20.0. The Morgan fingerprint density at radius 3 is 2.18 bits per heavy atom. The average Bonchev–Trinajstić information content (AvgIpc) is 2.71. The van der Waals surface area contributed by atoms with Crippen LogP contribution in [0, 0.1) is 0 Å². The van der Waals surface area contributed by atoms with Crippen LogP contribution in [0.2, 0.25) is 0 Å². The average molecular weight is 401 g/mol. The molecule has 1 aromatic heterocycles. The predicted octanol–water partition coefficient (Wildman–Crippen LogP) is 4.04. The molecule has 0 saturated carbocycles. The summed E-state index contributed by atoms with van der Waals surface area (Å²) in [4.78, 5) is 9.16. The summed E-state index contributed by atoms with van der Waals surface area (Å²) < 4.78 is 33.3. The fourth-order valence-electron chi connectivity index (χ4n) is 2.72. The third kappa shape index (κ3) is 4.69. The number of unbranched alkanes of at least 4 members (excludes halogenated alkanes) is 2. The molecule has 2 N–H and O–H groups in total. The minimum Gasteiger partial charge on any atom is -0.497 e. The van der Waals surface area contributed by atoms with Gasteiger partial charge in [0.2, 0.25) is 0 Å². The lowest BCUT2D eigenvalue weighted by Crippen LogP contribution is -2.17. The van der Waals surface area contributed by atoms with E-state index in [4.69, 9.17) is 4.74 Å². The maximum atomic E-state index is 12.8. The van der Waals surface area contributed by atoms with Crippen LogP contribution in [0.5, 0.6) is 5.75 Å². The Morgan fingerprint density at radius 1 is 0.929 bits per heavy atom. The molecule has 148 valence electrons. The van der Waals surface area contributed by atoms with E-state index in [-0.39, 0.29) is 10.7 Å². The van der Waals surface area contributed by atoms with Gasteiger partial charge in [0.25, 0.3) is 10.0 Å². The molecule has 8 heteroatoms. The Labute approximate surface area is 165 Å². The van der Waals surface area contributed by atoms with Crippen molar-refractivity contribution in [3.8, 4) is 5.75 Å². The second kappa shape index (κ2) is 8.88. The van der Waals surface area contributed by atoms with Gasteiger partial charge in [0.15, 0.2) is 11.6 Å². The molecule has 0 fully saturated rings.